The van der Waals surface area contributed by atoms with Gasteiger partial charge in [-0.25, -0.2) is 0 Å². The van der Waals surface area contributed by atoms with Gasteiger partial charge in [0.05, 0.1) is 17.9 Å². The fourth-order valence-corrected chi connectivity index (χ4v) is 2.54. The van der Waals surface area contributed by atoms with Crippen molar-refractivity contribution in [3.05, 3.63) is 60.2 Å². The zero-order chi connectivity index (χ0) is 13.9. The molecule has 2 heterocycles. The van der Waals surface area contributed by atoms with E-state index in [0.717, 1.165) is 17.8 Å². The lowest BCUT2D eigenvalue weighted by Crippen LogP contribution is -2.22. The molecular weight excluding hydrogens is 248 g/mol. The van der Waals surface area contributed by atoms with Crippen LogP contribution in [0.15, 0.2) is 48.9 Å². The van der Waals surface area contributed by atoms with Gasteiger partial charge in [-0.15, -0.1) is 0 Å². The van der Waals surface area contributed by atoms with Crippen LogP contribution in [-0.4, -0.2) is 21.3 Å². The van der Waals surface area contributed by atoms with E-state index in [1.807, 2.05) is 36.4 Å². The topological polar surface area (TPSA) is 42.7 Å². The van der Waals surface area contributed by atoms with Gasteiger partial charge in [-0.05, 0) is 18.0 Å². The molecule has 1 unspecified atom stereocenters. The highest BCUT2D eigenvalue weighted by Gasteiger charge is 2.18. The number of aryl methyl sites for hydroxylation is 1. The molecule has 1 atom stereocenters. The van der Waals surface area contributed by atoms with Gasteiger partial charge in [-0.3, -0.25) is 9.67 Å². The first-order valence-electron chi connectivity index (χ1n) is 6.85. The molecule has 0 spiro atoms. The Kier molecular flexibility index (Phi) is 3.48. The molecule has 0 aliphatic carbocycles. The molecule has 3 aromatic rings. The Morgan fingerprint density at radius 1 is 1.25 bits per heavy atom. The highest BCUT2D eigenvalue weighted by atomic mass is 15.2. The number of aromatic nitrogens is 3. The van der Waals surface area contributed by atoms with Gasteiger partial charge in [0, 0.05) is 30.4 Å². The number of rotatable bonds is 4. The van der Waals surface area contributed by atoms with E-state index in [0.29, 0.717) is 0 Å². The Bertz CT molecular complexity index is 712. The zero-order valence-corrected chi connectivity index (χ0v) is 11.7. The number of hydrogen-bond acceptors (Lipinski definition) is 3. The average molecular weight is 266 g/mol. The largest absolute Gasteiger partial charge is 0.305 e. The van der Waals surface area contributed by atoms with Crippen molar-refractivity contribution in [2.24, 2.45) is 7.05 Å². The van der Waals surface area contributed by atoms with Crippen molar-refractivity contribution in [2.45, 2.75) is 13.0 Å². The fourth-order valence-electron chi connectivity index (χ4n) is 2.54. The number of nitrogens with one attached hydrogen (secondary N) is 1. The molecule has 102 valence electrons. The first-order valence-corrected chi connectivity index (χ1v) is 6.85. The van der Waals surface area contributed by atoms with Gasteiger partial charge in [0.1, 0.15) is 0 Å². The second-order valence-electron chi connectivity index (χ2n) is 4.86. The third kappa shape index (κ3) is 2.30. The van der Waals surface area contributed by atoms with Crippen LogP contribution in [0, 0.1) is 0 Å². The van der Waals surface area contributed by atoms with Crippen LogP contribution >= 0.6 is 0 Å². The van der Waals surface area contributed by atoms with Crippen LogP contribution in [0.25, 0.3) is 10.8 Å². The Balaban J connectivity index is 2.14. The minimum atomic E-state index is 0.0693. The van der Waals surface area contributed by atoms with Crippen molar-refractivity contribution in [1.82, 2.24) is 20.1 Å². The molecule has 1 N–H and O–H groups in total. The summed E-state index contributed by atoms with van der Waals surface area (Å²) in [6.45, 7) is 2.99. The molecule has 0 saturated heterocycles. The molecule has 0 aliphatic heterocycles. The Morgan fingerprint density at radius 2 is 2.10 bits per heavy atom. The maximum absolute atomic E-state index is 4.61. The van der Waals surface area contributed by atoms with Crippen LogP contribution in [0.5, 0.6) is 0 Å². The van der Waals surface area contributed by atoms with Crippen molar-refractivity contribution in [3.63, 3.8) is 0 Å². The lowest BCUT2D eigenvalue weighted by molar-refractivity contribution is 0.619. The maximum atomic E-state index is 4.61. The fraction of sp³-hybridized carbons (Fsp3) is 0.250. The van der Waals surface area contributed by atoms with E-state index in [1.165, 1.54) is 10.8 Å². The van der Waals surface area contributed by atoms with Gasteiger partial charge in [-0.1, -0.05) is 31.2 Å². The Hall–Kier alpha value is -2.20. The molecule has 4 nitrogen and oxygen atoms in total. The van der Waals surface area contributed by atoms with Gasteiger partial charge in [0.2, 0.25) is 0 Å². The van der Waals surface area contributed by atoms with Crippen LogP contribution < -0.4 is 5.32 Å². The number of fused-ring (bicyclic) bond motifs is 1. The highest BCUT2D eigenvalue weighted by molar-refractivity contribution is 5.85. The first kappa shape index (κ1) is 12.8. The SMILES string of the molecule is CCNC(c1cnn(C)c1)c1nccc2ccccc12. The lowest BCUT2D eigenvalue weighted by atomic mass is 10.0. The minimum absolute atomic E-state index is 0.0693. The van der Waals surface area contributed by atoms with Crippen molar-refractivity contribution in [3.8, 4) is 0 Å². The molecule has 1 aromatic carbocycles. The number of pyridine rings is 1. The van der Waals surface area contributed by atoms with Crippen LogP contribution in [-0.2, 0) is 7.05 Å². The van der Waals surface area contributed by atoms with Crippen molar-refractivity contribution < 1.29 is 0 Å². The normalized spacial score (nSPS) is 12.7. The molecule has 0 fully saturated rings. The van der Waals surface area contributed by atoms with Gasteiger partial charge in [0.25, 0.3) is 0 Å². The van der Waals surface area contributed by atoms with E-state index >= 15 is 0 Å². The molecule has 0 amide bonds. The third-order valence-corrected chi connectivity index (χ3v) is 3.44. The predicted octanol–water partition coefficient (Wildman–Crippen LogP) is 2.67. The maximum Gasteiger partial charge on any atom is 0.0788 e. The summed E-state index contributed by atoms with van der Waals surface area (Å²) in [5.74, 6) is 0. The molecule has 2 aromatic heterocycles. The minimum Gasteiger partial charge on any atom is -0.305 e. The van der Waals surface area contributed by atoms with E-state index in [-0.39, 0.29) is 6.04 Å². The summed E-state index contributed by atoms with van der Waals surface area (Å²) in [5.41, 5.74) is 2.19. The van der Waals surface area contributed by atoms with E-state index in [9.17, 15) is 0 Å². The summed E-state index contributed by atoms with van der Waals surface area (Å²) in [5, 5.41) is 10.2. The van der Waals surface area contributed by atoms with Crippen molar-refractivity contribution >= 4 is 10.8 Å². The summed E-state index contributed by atoms with van der Waals surface area (Å²) in [6.07, 6.45) is 5.81. The van der Waals surface area contributed by atoms with Gasteiger partial charge in [-0.2, -0.15) is 5.10 Å². The number of benzene rings is 1. The Morgan fingerprint density at radius 3 is 2.85 bits per heavy atom. The molecular formula is C16H18N4. The number of nitrogens with zero attached hydrogens (tertiary/aromatic N) is 3. The van der Waals surface area contributed by atoms with E-state index in [4.69, 9.17) is 0 Å². The van der Waals surface area contributed by atoms with Crippen molar-refractivity contribution in [2.75, 3.05) is 6.54 Å². The molecule has 3 rings (SSSR count). The summed E-state index contributed by atoms with van der Waals surface area (Å²) in [6, 6.07) is 10.5. The molecule has 0 aliphatic rings. The van der Waals surface area contributed by atoms with E-state index < -0.39 is 0 Å². The standard InChI is InChI=1S/C16H18N4/c1-3-17-15(13-10-19-20(2)11-13)16-14-7-5-4-6-12(14)8-9-18-16/h4-11,15,17H,3H2,1-2H3. The zero-order valence-electron chi connectivity index (χ0n) is 11.7. The monoisotopic (exact) mass is 266 g/mol. The molecule has 0 saturated carbocycles. The summed E-state index contributed by atoms with van der Waals surface area (Å²) < 4.78 is 1.82. The lowest BCUT2D eigenvalue weighted by Gasteiger charge is -2.17. The van der Waals surface area contributed by atoms with Gasteiger partial charge >= 0.3 is 0 Å². The second kappa shape index (κ2) is 5.43. The van der Waals surface area contributed by atoms with Gasteiger partial charge < -0.3 is 5.32 Å². The molecule has 4 heteroatoms. The average Bonchev–Trinajstić information content (AvgIpc) is 2.91. The van der Waals surface area contributed by atoms with Crippen molar-refractivity contribution in [1.29, 1.82) is 0 Å². The third-order valence-electron chi connectivity index (χ3n) is 3.44. The summed E-state index contributed by atoms with van der Waals surface area (Å²) in [4.78, 5) is 4.61. The van der Waals surface area contributed by atoms with Crippen LogP contribution in [0.1, 0.15) is 24.2 Å². The first-order chi connectivity index (χ1) is 9.79. The van der Waals surface area contributed by atoms with Crippen LogP contribution in [0.2, 0.25) is 0 Å². The molecule has 0 bridgehead atoms. The smallest absolute Gasteiger partial charge is 0.0788 e. The van der Waals surface area contributed by atoms with Crippen LogP contribution in [0.4, 0.5) is 0 Å². The second-order valence-corrected chi connectivity index (χ2v) is 4.86. The summed E-state index contributed by atoms with van der Waals surface area (Å²) >= 11 is 0. The number of hydrogen-bond donors (Lipinski definition) is 1. The molecule has 0 radical (unpaired) electrons. The van der Waals surface area contributed by atoms with E-state index in [1.54, 1.807) is 0 Å². The Labute approximate surface area is 118 Å². The molecule has 20 heavy (non-hydrogen) atoms. The highest BCUT2D eigenvalue weighted by Crippen LogP contribution is 2.26. The quantitative estimate of drug-likeness (QED) is 0.789. The van der Waals surface area contributed by atoms with Gasteiger partial charge in [0.15, 0.2) is 0 Å². The predicted molar refractivity (Wildman–Crippen MR) is 80.5 cm³/mol. The summed E-state index contributed by atoms with van der Waals surface area (Å²) in [7, 11) is 1.93. The van der Waals surface area contributed by atoms with E-state index in [2.05, 4.69) is 46.6 Å². The van der Waals surface area contributed by atoms with Crippen LogP contribution in [0.3, 0.4) is 0 Å².